The minimum Gasteiger partial charge on any atom is -0.469 e. The number of rotatable bonds is 3. The van der Waals surface area contributed by atoms with E-state index >= 15 is 0 Å². The van der Waals surface area contributed by atoms with Crippen LogP contribution in [0.5, 0.6) is 5.88 Å². The van der Waals surface area contributed by atoms with E-state index in [1.165, 1.54) is 0 Å². The van der Waals surface area contributed by atoms with Crippen LogP contribution in [0.3, 0.4) is 0 Å². The summed E-state index contributed by atoms with van der Waals surface area (Å²) < 4.78 is 7.22. The first-order chi connectivity index (χ1) is 7.81. The second-order valence-corrected chi connectivity index (χ2v) is 3.91. The highest BCUT2D eigenvalue weighted by atomic mass is 16.5. The maximum Gasteiger partial charge on any atom is 0.313 e. The summed E-state index contributed by atoms with van der Waals surface area (Å²) in [6.07, 6.45) is 5.42. The molecule has 0 aliphatic carbocycles. The normalized spacial score (nSPS) is 20.7. The van der Waals surface area contributed by atoms with Crippen LogP contribution in [0.25, 0.3) is 0 Å². The molecule has 1 unspecified atom stereocenters. The highest BCUT2D eigenvalue weighted by Gasteiger charge is 2.16. The molecular formula is C11H17N3O2. The van der Waals surface area contributed by atoms with Gasteiger partial charge in [0.1, 0.15) is 6.10 Å². The highest BCUT2D eigenvalue weighted by molar-refractivity contribution is 5.05. The van der Waals surface area contributed by atoms with Gasteiger partial charge < -0.3 is 14.6 Å². The van der Waals surface area contributed by atoms with Crippen LogP contribution >= 0.6 is 0 Å². The van der Waals surface area contributed by atoms with Crippen LogP contribution < -0.4 is 15.6 Å². The Morgan fingerprint density at radius 1 is 1.69 bits per heavy atom. The van der Waals surface area contributed by atoms with Crippen LogP contribution in [0, 0.1) is 0 Å². The van der Waals surface area contributed by atoms with Gasteiger partial charge in [0.2, 0.25) is 0 Å². The first-order valence-corrected chi connectivity index (χ1v) is 5.74. The number of aromatic nitrogens is 2. The molecule has 1 saturated heterocycles. The maximum atomic E-state index is 11.8. The summed E-state index contributed by atoms with van der Waals surface area (Å²) in [7, 11) is 0. The van der Waals surface area contributed by atoms with Crippen molar-refractivity contribution in [1.29, 1.82) is 0 Å². The lowest BCUT2D eigenvalue weighted by molar-refractivity contribution is 0.157. The lowest BCUT2D eigenvalue weighted by atomic mass is 10.1. The van der Waals surface area contributed by atoms with Crippen molar-refractivity contribution in [2.24, 2.45) is 0 Å². The first-order valence-electron chi connectivity index (χ1n) is 5.74. The smallest absolute Gasteiger partial charge is 0.313 e. The zero-order chi connectivity index (χ0) is 11.4. The van der Waals surface area contributed by atoms with E-state index in [-0.39, 0.29) is 17.5 Å². The van der Waals surface area contributed by atoms with E-state index < -0.39 is 0 Å². The summed E-state index contributed by atoms with van der Waals surface area (Å²) in [6.45, 7) is 4.39. The van der Waals surface area contributed by atoms with Gasteiger partial charge in [0.25, 0.3) is 5.88 Å². The predicted molar refractivity (Wildman–Crippen MR) is 60.7 cm³/mol. The third-order valence-corrected chi connectivity index (χ3v) is 2.75. The lowest BCUT2D eigenvalue weighted by Crippen LogP contribution is -2.38. The Morgan fingerprint density at radius 2 is 2.56 bits per heavy atom. The second-order valence-electron chi connectivity index (χ2n) is 3.91. The van der Waals surface area contributed by atoms with Gasteiger partial charge >= 0.3 is 5.56 Å². The zero-order valence-electron chi connectivity index (χ0n) is 9.48. The van der Waals surface area contributed by atoms with Gasteiger partial charge in [0.05, 0.1) is 0 Å². The molecule has 0 spiro atoms. The van der Waals surface area contributed by atoms with Crippen molar-refractivity contribution < 1.29 is 4.74 Å². The van der Waals surface area contributed by atoms with Crippen molar-refractivity contribution >= 4 is 0 Å². The molecular weight excluding hydrogens is 206 g/mol. The molecule has 1 aromatic rings. The molecule has 5 heteroatoms. The molecule has 1 aliphatic rings. The van der Waals surface area contributed by atoms with E-state index in [1.807, 2.05) is 6.92 Å². The molecule has 0 bridgehead atoms. The molecule has 0 aromatic carbocycles. The minimum absolute atomic E-state index is 0.0710. The van der Waals surface area contributed by atoms with Crippen LogP contribution in [0.4, 0.5) is 0 Å². The fourth-order valence-corrected chi connectivity index (χ4v) is 1.84. The Hall–Kier alpha value is -1.36. The molecule has 0 radical (unpaired) electrons. The molecule has 88 valence electrons. The van der Waals surface area contributed by atoms with E-state index in [9.17, 15) is 4.79 Å². The van der Waals surface area contributed by atoms with Gasteiger partial charge in [-0.2, -0.15) is 0 Å². The number of piperidine rings is 1. The van der Waals surface area contributed by atoms with Gasteiger partial charge in [0.15, 0.2) is 0 Å². The largest absolute Gasteiger partial charge is 0.469 e. The van der Waals surface area contributed by atoms with Crippen molar-refractivity contribution in [3.63, 3.8) is 0 Å². The van der Waals surface area contributed by atoms with Crippen molar-refractivity contribution in [2.75, 3.05) is 13.1 Å². The van der Waals surface area contributed by atoms with Gasteiger partial charge in [-0.3, -0.25) is 4.79 Å². The van der Waals surface area contributed by atoms with Crippen molar-refractivity contribution in [2.45, 2.75) is 32.4 Å². The molecule has 1 aromatic heterocycles. The summed E-state index contributed by atoms with van der Waals surface area (Å²) in [5, 5.41) is 3.24. The maximum absolute atomic E-state index is 11.8. The summed E-state index contributed by atoms with van der Waals surface area (Å²) >= 11 is 0. The SMILES string of the molecule is CCn1ccnc(OC2CCCNC2)c1=O. The average molecular weight is 223 g/mol. The molecule has 16 heavy (non-hydrogen) atoms. The lowest BCUT2D eigenvalue weighted by Gasteiger charge is -2.23. The van der Waals surface area contributed by atoms with Crippen LogP contribution in [0.15, 0.2) is 17.2 Å². The van der Waals surface area contributed by atoms with Crippen molar-refractivity contribution in [1.82, 2.24) is 14.9 Å². The third-order valence-electron chi connectivity index (χ3n) is 2.75. The Morgan fingerprint density at radius 3 is 3.25 bits per heavy atom. The van der Waals surface area contributed by atoms with E-state index in [4.69, 9.17) is 4.74 Å². The molecule has 2 heterocycles. The number of aryl methyl sites for hydroxylation is 1. The van der Waals surface area contributed by atoms with E-state index in [2.05, 4.69) is 10.3 Å². The van der Waals surface area contributed by atoms with Gasteiger partial charge in [-0.05, 0) is 26.3 Å². The van der Waals surface area contributed by atoms with E-state index in [1.54, 1.807) is 17.0 Å². The van der Waals surface area contributed by atoms with E-state index in [0.717, 1.165) is 25.9 Å². The summed E-state index contributed by atoms with van der Waals surface area (Å²) in [5.74, 6) is 0.220. The number of nitrogens with one attached hydrogen (secondary N) is 1. The quantitative estimate of drug-likeness (QED) is 0.805. The predicted octanol–water partition coefficient (Wildman–Crippen LogP) is 0.394. The fraction of sp³-hybridized carbons (Fsp3) is 0.636. The topological polar surface area (TPSA) is 56.1 Å². The van der Waals surface area contributed by atoms with Crippen LogP contribution in [0.2, 0.25) is 0 Å². The summed E-state index contributed by atoms with van der Waals surface area (Å²) in [5.41, 5.74) is -0.143. The van der Waals surface area contributed by atoms with Gasteiger partial charge in [-0.15, -0.1) is 0 Å². The average Bonchev–Trinajstić information content (AvgIpc) is 2.33. The van der Waals surface area contributed by atoms with Crippen LogP contribution in [0.1, 0.15) is 19.8 Å². The Labute approximate surface area is 94.5 Å². The molecule has 2 rings (SSSR count). The Balaban J connectivity index is 2.11. The number of hydrogen-bond acceptors (Lipinski definition) is 4. The van der Waals surface area contributed by atoms with Gasteiger partial charge in [-0.1, -0.05) is 0 Å². The minimum atomic E-state index is -0.143. The number of hydrogen-bond donors (Lipinski definition) is 1. The fourth-order valence-electron chi connectivity index (χ4n) is 1.84. The standard InChI is InChI=1S/C11H17N3O2/c1-2-14-7-6-13-10(11(14)15)16-9-4-3-5-12-8-9/h6-7,9,12H,2-5,8H2,1H3. The molecule has 0 amide bonds. The molecule has 5 nitrogen and oxygen atoms in total. The van der Waals surface area contributed by atoms with Gasteiger partial charge in [0, 0.05) is 25.5 Å². The first kappa shape index (κ1) is 11.1. The molecule has 1 fully saturated rings. The zero-order valence-corrected chi connectivity index (χ0v) is 9.48. The summed E-state index contributed by atoms with van der Waals surface area (Å²) in [6, 6.07) is 0. The van der Waals surface area contributed by atoms with Crippen LogP contribution in [-0.4, -0.2) is 28.7 Å². The highest BCUT2D eigenvalue weighted by Crippen LogP contribution is 2.08. The monoisotopic (exact) mass is 223 g/mol. The molecule has 1 atom stereocenters. The van der Waals surface area contributed by atoms with Gasteiger partial charge in [-0.25, -0.2) is 4.98 Å². The Bertz CT molecular complexity index is 396. The number of nitrogens with zero attached hydrogens (tertiary/aromatic N) is 2. The third kappa shape index (κ3) is 2.41. The van der Waals surface area contributed by atoms with Crippen molar-refractivity contribution in [3.8, 4) is 5.88 Å². The van der Waals surface area contributed by atoms with E-state index in [0.29, 0.717) is 6.54 Å². The number of ether oxygens (including phenoxy) is 1. The van der Waals surface area contributed by atoms with Crippen LogP contribution in [-0.2, 0) is 6.54 Å². The van der Waals surface area contributed by atoms with Crippen molar-refractivity contribution in [3.05, 3.63) is 22.7 Å². The molecule has 1 aliphatic heterocycles. The Kier molecular flexibility index (Phi) is 3.56. The molecule has 0 saturated carbocycles. The summed E-state index contributed by atoms with van der Waals surface area (Å²) in [4.78, 5) is 15.8. The molecule has 1 N–H and O–H groups in total. The second kappa shape index (κ2) is 5.12.